The second kappa shape index (κ2) is 9.64. The van der Waals surface area contributed by atoms with E-state index in [0.29, 0.717) is 13.2 Å². The molecule has 0 bridgehead atoms. The Morgan fingerprint density at radius 1 is 1.00 bits per heavy atom. The first-order chi connectivity index (χ1) is 9.31. The Kier molecular flexibility index (Phi) is 8.02. The third-order valence-corrected chi connectivity index (χ3v) is 2.64. The first kappa shape index (κ1) is 15.8. The van der Waals surface area contributed by atoms with E-state index in [1.54, 1.807) is 0 Å². The average Bonchev–Trinajstić information content (AvgIpc) is 2.42. The zero-order valence-electron chi connectivity index (χ0n) is 12.2. The lowest BCUT2D eigenvalue weighted by Gasteiger charge is -2.12. The molecule has 0 amide bonds. The summed E-state index contributed by atoms with van der Waals surface area (Å²) in [5.41, 5.74) is 1.20. The van der Waals surface area contributed by atoms with E-state index in [-0.39, 0.29) is 0 Å². The number of hydrogen-bond donors (Lipinski definition) is 1. The van der Waals surface area contributed by atoms with Gasteiger partial charge in [0.15, 0.2) is 11.5 Å². The summed E-state index contributed by atoms with van der Waals surface area (Å²) in [6.45, 7) is 7.58. The van der Waals surface area contributed by atoms with Crippen LogP contribution in [0.3, 0.4) is 0 Å². The minimum atomic E-state index is 0.641. The smallest absolute Gasteiger partial charge is 0.161 e. The maximum Gasteiger partial charge on any atom is 0.161 e. The maximum absolute atomic E-state index is 5.60. The fourth-order valence-corrected chi connectivity index (χ4v) is 1.72. The predicted octanol–water partition coefficient (Wildman–Crippen LogP) is 2.26. The zero-order chi connectivity index (χ0) is 13.9. The van der Waals surface area contributed by atoms with Gasteiger partial charge in [0, 0.05) is 6.54 Å². The molecule has 1 rings (SSSR count). The van der Waals surface area contributed by atoms with Crippen LogP contribution in [0.1, 0.15) is 19.4 Å². The fraction of sp³-hybridized carbons (Fsp3) is 0.600. The lowest BCUT2D eigenvalue weighted by Crippen LogP contribution is -2.15. The SMILES string of the molecule is CCOc1ccc(CCOCCNC)cc1OCC. The molecule has 0 aliphatic rings. The molecule has 0 fully saturated rings. The molecule has 4 heteroatoms. The van der Waals surface area contributed by atoms with Crippen molar-refractivity contribution in [2.45, 2.75) is 20.3 Å². The minimum Gasteiger partial charge on any atom is -0.490 e. The summed E-state index contributed by atoms with van der Waals surface area (Å²) in [6.07, 6.45) is 0.885. The predicted molar refractivity (Wildman–Crippen MR) is 77.2 cm³/mol. The van der Waals surface area contributed by atoms with Crippen LogP contribution in [-0.2, 0) is 11.2 Å². The molecular weight excluding hydrogens is 242 g/mol. The summed E-state index contributed by atoms with van der Waals surface area (Å²) in [4.78, 5) is 0. The van der Waals surface area contributed by atoms with Crippen molar-refractivity contribution in [3.8, 4) is 11.5 Å². The van der Waals surface area contributed by atoms with Gasteiger partial charge in [-0.3, -0.25) is 0 Å². The maximum atomic E-state index is 5.60. The Morgan fingerprint density at radius 2 is 1.74 bits per heavy atom. The molecule has 4 nitrogen and oxygen atoms in total. The van der Waals surface area contributed by atoms with Crippen molar-refractivity contribution in [3.05, 3.63) is 23.8 Å². The van der Waals surface area contributed by atoms with E-state index in [0.717, 1.165) is 37.7 Å². The van der Waals surface area contributed by atoms with Crippen molar-refractivity contribution in [1.82, 2.24) is 5.32 Å². The van der Waals surface area contributed by atoms with E-state index in [4.69, 9.17) is 14.2 Å². The van der Waals surface area contributed by atoms with Gasteiger partial charge in [-0.2, -0.15) is 0 Å². The molecule has 0 saturated carbocycles. The molecule has 0 aliphatic heterocycles. The van der Waals surface area contributed by atoms with Crippen molar-refractivity contribution >= 4 is 0 Å². The lowest BCUT2D eigenvalue weighted by molar-refractivity contribution is 0.140. The van der Waals surface area contributed by atoms with E-state index >= 15 is 0 Å². The van der Waals surface area contributed by atoms with Crippen LogP contribution in [0.5, 0.6) is 11.5 Å². The first-order valence-electron chi connectivity index (χ1n) is 6.92. The molecule has 0 aliphatic carbocycles. The number of benzene rings is 1. The Morgan fingerprint density at radius 3 is 2.42 bits per heavy atom. The summed E-state index contributed by atoms with van der Waals surface area (Å²) >= 11 is 0. The third-order valence-electron chi connectivity index (χ3n) is 2.64. The molecule has 1 aromatic rings. The van der Waals surface area contributed by atoms with Crippen molar-refractivity contribution in [2.75, 3.05) is 40.0 Å². The van der Waals surface area contributed by atoms with Crippen LogP contribution in [0.15, 0.2) is 18.2 Å². The van der Waals surface area contributed by atoms with Gasteiger partial charge in [-0.1, -0.05) is 6.07 Å². The number of likely N-dealkylation sites (N-methyl/N-ethyl adjacent to an activating group) is 1. The first-order valence-corrected chi connectivity index (χ1v) is 6.92. The molecule has 0 atom stereocenters. The van der Waals surface area contributed by atoms with Crippen molar-refractivity contribution in [3.63, 3.8) is 0 Å². The molecule has 0 unspecified atom stereocenters. The Balaban J connectivity index is 2.51. The Labute approximate surface area is 116 Å². The molecule has 1 aromatic carbocycles. The highest BCUT2D eigenvalue weighted by molar-refractivity contribution is 5.43. The second-order valence-corrected chi connectivity index (χ2v) is 4.11. The minimum absolute atomic E-state index is 0.641. The summed E-state index contributed by atoms with van der Waals surface area (Å²) in [6, 6.07) is 6.07. The van der Waals surface area contributed by atoms with Crippen LogP contribution in [0.2, 0.25) is 0 Å². The highest BCUT2D eigenvalue weighted by Crippen LogP contribution is 2.28. The Hall–Kier alpha value is -1.26. The molecule has 0 heterocycles. The van der Waals surface area contributed by atoms with E-state index in [1.165, 1.54) is 5.56 Å². The molecule has 108 valence electrons. The van der Waals surface area contributed by atoms with Crippen molar-refractivity contribution < 1.29 is 14.2 Å². The summed E-state index contributed by atoms with van der Waals surface area (Å²) in [5.74, 6) is 1.63. The largest absolute Gasteiger partial charge is 0.490 e. The highest BCUT2D eigenvalue weighted by atomic mass is 16.5. The topological polar surface area (TPSA) is 39.7 Å². The van der Waals surface area contributed by atoms with Gasteiger partial charge in [-0.05, 0) is 45.0 Å². The van der Waals surface area contributed by atoms with E-state index in [2.05, 4.69) is 11.4 Å². The molecule has 0 radical (unpaired) electrons. The normalized spacial score (nSPS) is 10.5. The van der Waals surface area contributed by atoms with Gasteiger partial charge < -0.3 is 19.5 Å². The van der Waals surface area contributed by atoms with Gasteiger partial charge >= 0.3 is 0 Å². The average molecular weight is 267 g/mol. The van der Waals surface area contributed by atoms with Crippen molar-refractivity contribution in [1.29, 1.82) is 0 Å². The van der Waals surface area contributed by atoms with Crippen molar-refractivity contribution in [2.24, 2.45) is 0 Å². The lowest BCUT2D eigenvalue weighted by atomic mass is 10.1. The van der Waals surface area contributed by atoms with E-state index < -0.39 is 0 Å². The highest BCUT2D eigenvalue weighted by Gasteiger charge is 2.06. The number of hydrogen-bond acceptors (Lipinski definition) is 4. The van der Waals surface area contributed by atoms with Crippen LogP contribution < -0.4 is 14.8 Å². The molecular formula is C15H25NO3. The van der Waals surface area contributed by atoms with Gasteiger partial charge in [-0.25, -0.2) is 0 Å². The second-order valence-electron chi connectivity index (χ2n) is 4.11. The van der Waals surface area contributed by atoms with E-state index in [1.807, 2.05) is 33.0 Å². The quantitative estimate of drug-likeness (QED) is 0.660. The van der Waals surface area contributed by atoms with Crippen LogP contribution in [0, 0.1) is 0 Å². The number of nitrogens with one attached hydrogen (secondary N) is 1. The van der Waals surface area contributed by atoms with Gasteiger partial charge in [0.05, 0.1) is 26.4 Å². The van der Waals surface area contributed by atoms with Crippen LogP contribution in [0.25, 0.3) is 0 Å². The van der Waals surface area contributed by atoms with Gasteiger partial charge in [0.2, 0.25) is 0 Å². The van der Waals surface area contributed by atoms with E-state index in [9.17, 15) is 0 Å². The Bertz CT molecular complexity index is 355. The summed E-state index contributed by atoms with van der Waals surface area (Å²) < 4.78 is 16.7. The zero-order valence-corrected chi connectivity index (χ0v) is 12.2. The molecule has 1 N–H and O–H groups in total. The number of rotatable bonds is 10. The van der Waals surface area contributed by atoms with Gasteiger partial charge in [0.25, 0.3) is 0 Å². The molecule has 0 spiro atoms. The summed E-state index contributed by atoms with van der Waals surface area (Å²) in [5, 5.41) is 3.05. The van der Waals surface area contributed by atoms with Crippen LogP contribution in [-0.4, -0.2) is 40.0 Å². The fourth-order valence-electron chi connectivity index (χ4n) is 1.72. The standard InChI is InChI=1S/C15H25NO3/c1-4-18-14-7-6-13(12-15(14)19-5-2)8-10-17-11-9-16-3/h6-7,12,16H,4-5,8-11H2,1-3H3. The number of ether oxygens (including phenoxy) is 3. The molecule has 19 heavy (non-hydrogen) atoms. The third kappa shape index (κ3) is 5.94. The van der Waals surface area contributed by atoms with Crippen LogP contribution >= 0.6 is 0 Å². The van der Waals surface area contributed by atoms with Crippen LogP contribution in [0.4, 0.5) is 0 Å². The molecule has 0 saturated heterocycles. The monoisotopic (exact) mass is 267 g/mol. The van der Waals surface area contributed by atoms with Gasteiger partial charge in [0.1, 0.15) is 0 Å². The molecule has 0 aromatic heterocycles. The summed E-state index contributed by atoms with van der Waals surface area (Å²) in [7, 11) is 1.92. The van der Waals surface area contributed by atoms with Gasteiger partial charge in [-0.15, -0.1) is 0 Å².